The first kappa shape index (κ1) is 28.1. The maximum Gasteiger partial charge on any atom is 0.307 e. The van der Waals surface area contributed by atoms with E-state index in [9.17, 15) is 9.90 Å². The summed E-state index contributed by atoms with van der Waals surface area (Å²) in [5.41, 5.74) is 10.0. The number of hydrogen-bond acceptors (Lipinski definition) is 6. The number of rotatable bonds is 8. The Hall–Kier alpha value is -3.45. The summed E-state index contributed by atoms with van der Waals surface area (Å²) >= 11 is 0. The standard InChI is InChI=1S/C33H42N4O3/c1-6-40-32-27(8-7-14-34-32)21-36-15-11-24-18-25(9-10-26(24)20-36)30-23(3)35-22(2)28(19-29(38)39)31(30)37-16-12-33(4,5)13-17-37/h7-10,14,18H,6,11-13,15-17,19-21H2,1-5H3,(H,38,39). The van der Waals surface area contributed by atoms with Crippen molar-refractivity contribution in [3.8, 4) is 17.0 Å². The first-order chi connectivity index (χ1) is 19.1. The summed E-state index contributed by atoms with van der Waals surface area (Å²) in [6.45, 7) is 15.7. The van der Waals surface area contributed by atoms with E-state index in [0.717, 1.165) is 97.2 Å². The summed E-state index contributed by atoms with van der Waals surface area (Å²) < 4.78 is 5.75. The van der Waals surface area contributed by atoms with Crippen molar-refractivity contribution in [3.05, 3.63) is 70.2 Å². The zero-order valence-electron chi connectivity index (χ0n) is 24.6. The van der Waals surface area contributed by atoms with Crippen molar-refractivity contribution < 1.29 is 14.6 Å². The second-order valence-corrected chi connectivity index (χ2v) is 12.1. The number of piperidine rings is 1. The van der Waals surface area contributed by atoms with Crippen molar-refractivity contribution in [3.63, 3.8) is 0 Å². The molecular formula is C33H42N4O3. The number of nitrogens with zero attached hydrogens (tertiary/aromatic N) is 4. The fourth-order valence-electron chi connectivity index (χ4n) is 6.22. The number of ether oxygens (including phenoxy) is 1. The summed E-state index contributed by atoms with van der Waals surface area (Å²) in [7, 11) is 0. The van der Waals surface area contributed by atoms with Crippen LogP contribution in [-0.4, -0.2) is 52.2 Å². The molecule has 7 heteroatoms. The molecule has 0 atom stereocenters. The molecule has 0 radical (unpaired) electrons. The Kier molecular flexibility index (Phi) is 8.13. The van der Waals surface area contributed by atoms with Crippen LogP contribution in [0.1, 0.15) is 67.3 Å². The van der Waals surface area contributed by atoms with Gasteiger partial charge in [0.1, 0.15) is 0 Å². The predicted octanol–water partition coefficient (Wildman–Crippen LogP) is 5.97. The van der Waals surface area contributed by atoms with E-state index in [2.05, 4.69) is 59.8 Å². The van der Waals surface area contributed by atoms with Gasteiger partial charge in [-0.1, -0.05) is 38.1 Å². The molecule has 4 heterocycles. The number of aryl methyl sites for hydroxylation is 2. The molecule has 2 aliphatic rings. The van der Waals surface area contributed by atoms with E-state index >= 15 is 0 Å². The van der Waals surface area contributed by atoms with E-state index in [4.69, 9.17) is 9.72 Å². The highest BCUT2D eigenvalue weighted by Gasteiger charge is 2.30. The van der Waals surface area contributed by atoms with Crippen molar-refractivity contribution in [2.45, 2.75) is 73.4 Å². The first-order valence-electron chi connectivity index (χ1n) is 14.5. The van der Waals surface area contributed by atoms with Crippen LogP contribution in [0.3, 0.4) is 0 Å². The number of carbonyl (C=O) groups is 1. The Morgan fingerprint density at radius 3 is 2.58 bits per heavy atom. The molecular weight excluding hydrogens is 500 g/mol. The molecule has 2 aliphatic heterocycles. The quantitative estimate of drug-likeness (QED) is 0.376. The van der Waals surface area contributed by atoms with Gasteiger partial charge in [-0.25, -0.2) is 4.98 Å². The molecule has 1 fully saturated rings. The van der Waals surface area contributed by atoms with E-state index in [0.29, 0.717) is 12.0 Å². The third kappa shape index (κ3) is 5.99. The minimum atomic E-state index is -0.815. The van der Waals surface area contributed by atoms with Gasteiger partial charge in [0.05, 0.1) is 18.7 Å². The van der Waals surface area contributed by atoms with Gasteiger partial charge in [0.25, 0.3) is 0 Å². The lowest BCUT2D eigenvalue weighted by molar-refractivity contribution is -0.136. The molecule has 7 nitrogen and oxygen atoms in total. The molecule has 3 aromatic rings. The van der Waals surface area contributed by atoms with Crippen LogP contribution in [0.4, 0.5) is 5.69 Å². The Labute approximate surface area is 238 Å². The van der Waals surface area contributed by atoms with Gasteiger partial charge in [-0.2, -0.15) is 0 Å². The number of carboxylic acids is 1. The van der Waals surface area contributed by atoms with E-state index < -0.39 is 5.97 Å². The van der Waals surface area contributed by atoms with Gasteiger partial charge in [-0.3, -0.25) is 14.7 Å². The summed E-state index contributed by atoms with van der Waals surface area (Å²) in [4.78, 5) is 26.1. The summed E-state index contributed by atoms with van der Waals surface area (Å²) in [5.74, 6) is -0.0933. The maximum atomic E-state index is 11.9. The SMILES string of the molecule is CCOc1ncccc1CN1CCc2cc(-c3c(C)nc(C)c(CC(=O)O)c3N3CCC(C)(C)CC3)ccc2C1. The van der Waals surface area contributed by atoms with E-state index in [1.807, 2.05) is 19.9 Å². The Morgan fingerprint density at radius 1 is 1.07 bits per heavy atom. The molecule has 2 aromatic heterocycles. The van der Waals surface area contributed by atoms with Crippen molar-refractivity contribution in [2.24, 2.45) is 5.41 Å². The molecule has 0 aliphatic carbocycles. The zero-order chi connectivity index (χ0) is 28.4. The molecule has 0 bridgehead atoms. The normalized spacial score (nSPS) is 17.0. The minimum absolute atomic E-state index is 0.0146. The van der Waals surface area contributed by atoms with E-state index in [1.165, 1.54) is 11.1 Å². The predicted molar refractivity (Wildman–Crippen MR) is 159 cm³/mol. The van der Waals surface area contributed by atoms with Crippen LogP contribution in [0.2, 0.25) is 0 Å². The number of aromatic nitrogens is 2. The van der Waals surface area contributed by atoms with Crippen molar-refractivity contribution in [1.82, 2.24) is 14.9 Å². The zero-order valence-corrected chi connectivity index (χ0v) is 24.6. The molecule has 0 unspecified atom stereocenters. The van der Waals surface area contributed by atoms with E-state index in [-0.39, 0.29) is 6.42 Å². The fourth-order valence-corrected chi connectivity index (χ4v) is 6.22. The molecule has 5 rings (SSSR count). The number of anilines is 1. The largest absolute Gasteiger partial charge is 0.481 e. The molecule has 1 N–H and O–H groups in total. The molecule has 0 spiro atoms. The average molecular weight is 543 g/mol. The number of fused-ring (bicyclic) bond motifs is 1. The third-order valence-electron chi connectivity index (χ3n) is 8.53. The van der Waals surface area contributed by atoms with Crippen LogP contribution in [0.15, 0.2) is 36.5 Å². The Bertz CT molecular complexity index is 1390. The highest BCUT2D eigenvalue weighted by molar-refractivity contribution is 5.86. The number of aliphatic carboxylic acids is 1. The van der Waals surface area contributed by atoms with E-state index in [1.54, 1.807) is 6.20 Å². The van der Waals surface area contributed by atoms with Gasteiger partial charge < -0.3 is 14.7 Å². The van der Waals surface area contributed by atoms with Gasteiger partial charge in [-0.15, -0.1) is 0 Å². The maximum absolute atomic E-state index is 11.9. The summed E-state index contributed by atoms with van der Waals surface area (Å²) in [6.07, 6.45) is 4.90. The van der Waals surface area contributed by atoms with Gasteiger partial charge in [0.15, 0.2) is 0 Å². The highest BCUT2D eigenvalue weighted by atomic mass is 16.5. The monoisotopic (exact) mass is 542 g/mol. The van der Waals surface area contributed by atoms with Crippen LogP contribution < -0.4 is 9.64 Å². The Balaban J connectivity index is 1.47. The Morgan fingerprint density at radius 2 is 1.85 bits per heavy atom. The van der Waals surface area contributed by atoms with Gasteiger partial charge in [-0.05, 0) is 68.2 Å². The van der Waals surface area contributed by atoms with Crippen LogP contribution in [0, 0.1) is 19.3 Å². The van der Waals surface area contributed by atoms with Gasteiger partial charge in [0.2, 0.25) is 5.88 Å². The summed E-state index contributed by atoms with van der Waals surface area (Å²) in [5, 5.41) is 9.80. The lowest BCUT2D eigenvalue weighted by atomic mass is 9.82. The van der Waals surface area contributed by atoms with Crippen LogP contribution >= 0.6 is 0 Å². The van der Waals surface area contributed by atoms with Gasteiger partial charge >= 0.3 is 5.97 Å². The molecule has 0 saturated carbocycles. The van der Waals surface area contributed by atoms with Crippen LogP contribution in [-0.2, 0) is 30.7 Å². The smallest absolute Gasteiger partial charge is 0.307 e. The summed E-state index contributed by atoms with van der Waals surface area (Å²) in [6, 6.07) is 10.9. The highest BCUT2D eigenvalue weighted by Crippen LogP contribution is 2.42. The second-order valence-electron chi connectivity index (χ2n) is 12.1. The molecule has 1 saturated heterocycles. The number of benzene rings is 1. The van der Waals surface area contributed by atoms with Crippen molar-refractivity contribution in [2.75, 3.05) is 31.1 Å². The molecule has 212 valence electrons. The van der Waals surface area contributed by atoms with Crippen molar-refractivity contribution >= 4 is 11.7 Å². The second kappa shape index (κ2) is 11.6. The number of carboxylic acid groups (broad SMARTS) is 1. The van der Waals surface area contributed by atoms with Gasteiger partial charge in [0, 0.05) is 67.0 Å². The number of hydrogen-bond donors (Lipinski definition) is 1. The lowest BCUT2D eigenvalue weighted by Gasteiger charge is -2.40. The van der Waals surface area contributed by atoms with Crippen LogP contribution in [0.25, 0.3) is 11.1 Å². The fraction of sp³-hybridized carbons (Fsp3) is 0.485. The molecule has 40 heavy (non-hydrogen) atoms. The molecule has 0 amide bonds. The number of pyridine rings is 2. The average Bonchev–Trinajstić information content (AvgIpc) is 2.91. The topological polar surface area (TPSA) is 78.8 Å². The third-order valence-corrected chi connectivity index (χ3v) is 8.53. The first-order valence-corrected chi connectivity index (χ1v) is 14.5. The minimum Gasteiger partial charge on any atom is -0.481 e. The van der Waals surface area contributed by atoms with Crippen molar-refractivity contribution in [1.29, 1.82) is 0 Å². The molecule has 1 aromatic carbocycles. The van der Waals surface area contributed by atoms with Crippen LogP contribution in [0.5, 0.6) is 5.88 Å². The lowest BCUT2D eigenvalue weighted by Crippen LogP contribution is -2.38.